The van der Waals surface area contributed by atoms with Gasteiger partial charge in [0.1, 0.15) is 5.82 Å². The fourth-order valence-electron chi connectivity index (χ4n) is 1.81. The van der Waals surface area contributed by atoms with E-state index in [1.54, 1.807) is 0 Å². The first-order valence-electron chi connectivity index (χ1n) is 4.63. The van der Waals surface area contributed by atoms with Crippen molar-refractivity contribution < 1.29 is 0 Å². The summed E-state index contributed by atoms with van der Waals surface area (Å²) in [5.41, 5.74) is 0. The third-order valence-corrected chi connectivity index (χ3v) is 2.44. The molecule has 0 saturated heterocycles. The zero-order valence-corrected chi connectivity index (χ0v) is 7.45. The highest BCUT2D eigenvalue weighted by atomic mass is 15.1. The van der Waals surface area contributed by atoms with Gasteiger partial charge >= 0.3 is 0 Å². The van der Waals surface area contributed by atoms with E-state index in [1.165, 1.54) is 12.2 Å². The fourth-order valence-corrected chi connectivity index (χ4v) is 1.81. The van der Waals surface area contributed by atoms with E-state index in [4.69, 9.17) is 0 Å². The van der Waals surface area contributed by atoms with Crippen LogP contribution < -0.4 is 5.32 Å². The van der Waals surface area contributed by atoms with Gasteiger partial charge in [0.15, 0.2) is 0 Å². The Hall–Kier alpha value is -0.830. The summed E-state index contributed by atoms with van der Waals surface area (Å²) >= 11 is 0. The Morgan fingerprint density at radius 2 is 2.67 bits per heavy atom. The summed E-state index contributed by atoms with van der Waals surface area (Å²) in [6.07, 6.45) is 6.28. The summed E-state index contributed by atoms with van der Waals surface area (Å²) in [5, 5.41) is 3.46. The highest BCUT2D eigenvalue weighted by Crippen LogP contribution is 2.12. The molecule has 1 aromatic heterocycles. The van der Waals surface area contributed by atoms with E-state index in [0.29, 0.717) is 6.04 Å². The fraction of sp³-hybridized carbons (Fsp3) is 0.667. The second-order valence-electron chi connectivity index (χ2n) is 3.28. The smallest absolute Gasteiger partial charge is 0.110 e. The number of rotatable bonds is 2. The van der Waals surface area contributed by atoms with E-state index in [9.17, 15) is 0 Å². The minimum absolute atomic E-state index is 0.643. The highest BCUT2D eigenvalue weighted by Gasteiger charge is 2.17. The van der Waals surface area contributed by atoms with Crippen molar-refractivity contribution in [3.05, 3.63) is 18.2 Å². The molecule has 0 aromatic carbocycles. The predicted octanol–water partition coefficient (Wildman–Crippen LogP) is 0.807. The summed E-state index contributed by atoms with van der Waals surface area (Å²) < 4.78 is 2.24. The quantitative estimate of drug-likeness (QED) is 0.702. The molecular weight excluding hydrogens is 150 g/mol. The van der Waals surface area contributed by atoms with Crippen LogP contribution in [-0.4, -0.2) is 22.1 Å². The van der Waals surface area contributed by atoms with Crippen molar-refractivity contribution in [2.75, 3.05) is 6.54 Å². The first-order valence-corrected chi connectivity index (χ1v) is 4.63. The Balaban J connectivity index is 2.05. The van der Waals surface area contributed by atoms with Crippen LogP contribution in [0.25, 0.3) is 0 Å². The molecule has 1 aromatic rings. The number of nitrogens with zero attached hydrogens (tertiary/aromatic N) is 2. The molecule has 0 spiro atoms. The van der Waals surface area contributed by atoms with Gasteiger partial charge in [-0.1, -0.05) is 6.92 Å². The summed E-state index contributed by atoms with van der Waals surface area (Å²) in [6, 6.07) is 0.643. The SMILES string of the molecule is CCNC1CCn2ccnc2C1. The standard InChI is InChI=1S/C9H15N3/c1-2-10-8-3-5-12-6-4-11-9(12)7-8/h4,6,8,10H,2-3,5,7H2,1H3. The number of hydrogen-bond donors (Lipinski definition) is 1. The van der Waals surface area contributed by atoms with Crippen molar-refractivity contribution in [1.29, 1.82) is 0 Å². The summed E-state index contributed by atoms with van der Waals surface area (Å²) in [5.74, 6) is 1.23. The van der Waals surface area contributed by atoms with Crippen LogP contribution in [0.15, 0.2) is 12.4 Å². The lowest BCUT2D eigenvalue weighted by molar-refractivity contribution is 0.401. The lowest BCUT2D eigenvalue weighted by atomic mass is 10.1. The third kappa shape index (κ3) is 1.37. The third-order valence-electron chi connectivity index (χ3n) is 2.44. The highest BCUT2D eigenvalue weighted by molar-refractivity contribution is 4.99. The lowest BCUT2D eigenvalue weighted by Gasteiger charge is -2.23. The molecule has 1 unspecified atom stereocenters. The molecule has 3 heteroatoms. The Kier molecular flexibility index (Phi) is 2.13. The average Bonchev–Trinajstić information content (AvgIpc) is 2.51. The van der Waals surface area contributed by atoms with Crippen molar-refractivity contribution in [2.24, 2.45) is 0 Å². The van der Waals surface area contributed by atoms with Gasteiger partial charge in [0.25, 0.3) is 0 Å². The van der Waals surface area contributed by atoms with Crippen LogP contribution in [0.3, 0.4) is 0 Å². The number of fused-ring (bicyclic) bond motifs is 1. The van der Waals surface area contributed by atoms with Crippen LogP contribution in [0.1, 0.15) is 19.2 Å². The maximum absolute atomic E-state index is 4.31. The molecule has 0 fully saturated rings. The van der Waals surface area contributed by atoms with E-state index in [0.717, 1.165) is 19.5 Å². The number of nitrogens with one attached hydrogen (secondary N) is 1. The molecule has 0 bridgehead atoms. The van der Waals surface area contributed by atoms with Crippen molar-refractivity contribution in [3.63, 3.8) is 0 Å². The Morgan fingerprint density at radius 3 is 3.50 bits per heavy atom. The molecule has 0 amide bonds. The van der Waals surface area contributed by atoms with Gasteiger partial charge in [0.05, 0.1) is 0 Å². The Labute approximate surface area is 72.8 Å². The van der Waals surface area contributed by atoms with E-state index < -0.39 is 0 Å². The Morgan fingerprint density at radius 1 is 1.75 bits per heavy atom. The number of aromatic nitrogens is 2. The molecular formula is C9H15N3. The molecule has 1 atom stereocenters. The van der Waals surface area contributed by atoms with Gasteiger partial charge in [0.2, 0.25) is 0 Å². The maximum Gasteiger partial charge on any atom is 0.110 e. The van der Waals surface area contributed by atoms with Crippen molar-refractivity contribution in [1.82, 2.24) is 14.9 Å². The summed E-state index contributed by atoms with van der Waals surface area (Å²) in [6.45, 7) is 4.33. The van der Waals surface area contributed by atoms with Crippen LogP contribution in [0, 0.1) is 0 Å². The van der Waals surface area contributed by atoms with Crippen LogP contribution in [0.4, 0.5) is 0 Å². The van der Waals surface area contributed by atoms with Crippen LogP contribution >= 0.6 is 0 Å². The van der Waals surface area contributed by atoms with E-state index in [1.807, 2.05) is 6.20 Å². The van der Waals surface area contributed by atoms with Gasteiger partial charge in [-0.2, -0.15) is 0 Å². The summed E-state index contributed by atoms with van der Waals surface area (Å²) in [7, 11) is 0. The van der Waals surface area contributed by atoms with E-state index in [2.05, 4.69) is 28.0 Å². The molecule has 1 N–H and O–H groups in total. The second kappa shape index (κ2) is 3.27. The van der Waals surface area contributed by atoms with E-state index >= 15 is 0 Å². The zero-order valence-electron chi connectivity index (χ0n) is 7.45. The molecule has 0 radical (unpaired) electrons. The molecule has 1 aliphatic heterocycles. The van der Waals surface area contributed by atoms with Crippen molar-refractivity contribution in [2.45, 2.75) is 32.4 Å². The molecule has 1 aliphatic rings. The topological polar surface area (TPSA) is 29.9 Å². The average molecular weight is 165 g/mol. The molecule has 66 valence electrons. The predicted molar refractivity (Wildman–Crippen MR) is 48.0 cm³/mol. The summed E-state index contributed by atoms with van der Waals surface area (Å²) in [4.78, 5) is 4.31. The van der Waals surface area contributed by atoms with Gasteiger partial charge < -0.3 is 9.88 Å². The van der Waals surface area contributed by atoms with Crippen molar-refractivity contribution in [3.8, 4) is 0 Å². The van der Waals surface area contributed by atoms with Gasteiger partial charge in [-0.05, 0) is 13.0 Å². The second-order valence-corrected chi connectivity index (χ2v) is 3.28. The molecule has 0 saturated carbocycles. The first kappa shape index (κ1) is 7.80. The van der Waals surface area contributed by atoms with Crippen molar-refractivity contribution >= 4 is 0 Å². The lowest BCUT2D eigenvalue weighted by Crippen LogP contribution is -2.36. The molecule has 2 rings (SSSR count). The zero-order chi connectivity index (χ0) is 8.39. The number of likely N-dealkylation sites (N-methyl/N-ethyl adjacent to an activating group) is 1. The van der Waals surface area contributed by atoms with E-state index in [-0.39, 0.29) is 0 Å². The van der Waals surface area contributed by atoms with Gasteiger partial charge in [-0.15, -0.1) is 0 Å². The molecule has 3 nitrogen and oxygen atoms in total. The minimum Gasteiger partial charge on any atom is -0.335 e. The van der Waals surface area contributed by atoms with Gasteiger partial charge in [-0.3, -0.25) is 0 Å². The van der Waals surface area contributed by atoms with Crippen LogP contribution in [0.2, 0.25) is 0 Å². The van der Waals surface area contributed by atoms with Crippen LogP contribution in [-0.2, 0) is 13.0 Å². The minimum atomic E-state index is 0.643. The molecule has 12 heavy (non-hydrogen) atoms. The van der Waals surface area contributed by atoms with Gasteiger partial charge in [0, 0.05) is 31.4 Å². The number of hydrogen-bond acceptors (Lipinski definition) is 2. The normalized spacial score (nSPS) is 22.2. The molecule has 2 heterocycles. The van der Waals surface area contributed by atoms with Gasteiger partial charge in [-0.25, -0.2) is 4.98 Å². The Bertz CT molecular complexity index is 254. The largest absolute Gasteiger partial charge is 0.335 e. The maximum atomic E-state index is 4.31. The number of aryl methyl sites for hydroxylation is 1. The monoisotopic (exact) mass is 165 g/mol. The molecule has 0 aliphatic carbocycles. The first-order chi connectivity index (χ1) is 5.90. The number of imidazole rings is 1. The van der Waals surface area contributed by atoms with Crippen LogP contribution in [0.5, 0.6) is 0 Å².